The molecule has 2 nitrogen and oxygen atoms in total. The molecule has 60 valence electrons. The first-order valence-corrected chi connectivity index (χ1v) is 4.15. The second-order valence-electron chi connectivity index (χ2n) is 2.67. The van der Waals surface area contributed by atoms with E-state index in [1.165, 1.54) is 0 Å². The highest BCUT2D eigenvalue weighted by molar-refractivity contribution is 7.81. The Balaban J connectivity index is 2.20. The van der Waals surface area contributed by atoms with Crippen molar-refractivity contribution in [3.63, 3.8) is 0 Å². The molecule has 3 heteroatoms. The quantitative estimate of drug-likeness (QED) is 0.436. The van der Waals surface area contributed by atoms with Gasteiger partial charge in [0.05, 0.1) is 0 Å². The third-order valence-electron chi connectivity index (χ3n) is 1.69. The van der Waals surface area contributed by atoms with Crippen LogP contribution < -0.4 is 5.32 Å². The smallest absolute Gasteiger partial charge is 0.296 e. The number of carbonyl (C=O) groups excluding carboxylic acids is 1. The van der Waals surface area contributed by atoms with Gasteiger partial charge in [-0.05, 0) is 25.7 Å². The van der Waals surface area contributed by atoms with Gasteiger partial charge in [0, 0.05) is 11.3 Å². The van der Waals surface area contributed by atoms with E-state index in [2.05, 4.69) is 29.8 Å². The summed E-state index contributed by atoms with van der Waals surface area (Å²) in [6, 6.07) is 0.311. The van der Waals surface area contributed by atoms with Gasteiger partial charge in [-0.1, -0.05) is 5.92 Å². The fourth-order valence-corrected chi connectivity index (χ4v) is 1.55. The summed E-state index contributed by atoms with van der Waals surface area (Å²) in [5.41, 5.74) is 0. The Kier molecular flexibility index (Phi) is 2.84. The lowest BCUT2D eigenvalue weighted by atomic mass is 9.92. The topological polar surface area (TPSA) is 29.1 Å². The molecule has 0 aromatic heterocycles. The van der Waals surface area contributed by atoms with Crippen molar-refractivity contribution in [1.29, 1.82) is 0 Å². The SMILES string of the molecule is CC#CC(=O)NC1CC(S)C1. The van der Waals surface area contributed by atoms with Crippen molar-refractivity contribution < 1.29 is 4.79 Å². The Labute approximate surface area is 72.2 Å². The third kappa shape index (κ3) is 2.47. The number of amides is 1. The van der Waals surface area contributed by atoms with Crippen LogP contribution in [0, 0.1) is 11.8 Å². The van der Waals surface area contributed by atoms with Gasteiger partial charge in [0.1, 0.15) is 0 Å². The molecule has 0 unspecified atom stereocenters. The van der Waals surface area contributed by atoms with Crippen LogP contribution in [0.5, 0.6) is 0 Å². The van der Waals surface area contributed by atoms with Crippen molar-refractivity contribution >= 4 is 18.5 Å². The predicted molar refractivity (Wildman–Crippen MR) is 47.4 cm³/mol. The number of thiol groups is 1. The number of carbonyl (C=O) groups is 1. The summed E-state index contributed by atoms with van der Waals surface area (Å²) in [6.07, 6.45) is 1.94. The maximum Gasteiger partial charge on any atom is 0.296 e. The molecule has 0 radical (unpaired) electrons. The van der Waals surface area contributed by atoms with E-state index in [-0.39, 0.29) is 5.91 Å². The van der Waals surface area contributed by atoms with Gasteiger partial charge in [0.2, 0.25) is 0 Å². The van der Waals surface area contributed by atoms with Gasteiger partial charge in [0.15, 0.2) is 0 Å². The van der Waals surface area contributed by atoms with Gasteiger partial charge < -0.3 is 5.32 Å². The van der Waals surface area contributed by atoms with E-state index in [1.807, 2.05) is 0 Å². The summed E-state index contributed by atoms with van der Waals surface area (Å²) in [5.74, 6) is 4.82. The van der Waals surface area contributed by atoms with Gasteiger partial charge >= 0.3 is 0 Å². The number of hydrogen-bond donors (Lipinski definition) is 2. The standard InChI is InChI=1S/C8H11NOS/c1-2-3-8(10)9-6-4-7(11)5-6/h6-7,11H,4-5H2,1H3,(H,9,10). The molecule has 1 rings (SSSR count). The molecule has 1 N–H and O–H groups in total. The molecule has 1 amide bonds. The Hall–Kier alpha value is -0.620. The zero-order valence-corrected chi connectivity index (χ0v) is 7.32. The Morgan fingerprint density at radius 1 is 1.64 bits per heavy atom. The van der Waals surface area contributed by atoms with E-state index in [9.17, 15) is 4.79 Å². The summed E-state index contributed by atoms with van der Waals surface area (Å²) < 4.78 is 0. The number of nitrogens with one attached hydrogen (secondary N) is 1. The average molecular weight is 169 g/mol. The Morgan fingerprint density at radius 2 is 2.27 bits per heavy atom. The second-order valence-corrected chi connectivity index (χ2v) is 3.40. The van der Waals surface area contributed by atoms with Crippen LogP contribution in [-0.4, -0.2) is 17.2 Å². The normalized spacial score (nSPS) is 27.8. The van der Waals surface area contributed by atoms with Gasteiger partial charge in [-0.3, -0.25) is 4.79 Å². The van der Waals surface area contributed by atoms with Gasteiger partial charge in [-0.25, -0.2) is 0 Å². The van der Waals surface area contributed by atoms with Crippen molar-refractivity contribution in [2.75, 3.05) is 0 Å². The summed E-state index contributed by atoms with van der Waals surface area (Å²) in [6.45, 7) is 1.65. The highest BCUT2D eigenvalue weighted by Gasteiger charge is 2.26. The molecule has 11 heavy (non-hydrogen) atoms. The maximum absolute atomic E-state index is 10.8. The van der Waals surface area contributed by atoms with E-state index in [4.69, 9.17) is 0 Å². The molecule has 0 bridgehead atoms. The number of rotatable bonds is 1. The molecule has 0 atom stereocenters. The maximum atomic E-state index is 10.8. The van der Waals surface area contributed by atoms with Crippen molar-refractivity contribution in [1.82, 2.24) is 5.32 Å². The van der Waals surface area contributed by atoms with E-state index in [0.717, 1.165) is 12.8 Å². The van der Waals surface area contributed by atoms with Crippen LogP contribution in [0.3, 0.4) is 0 Å². The molecule has 0 aromatic carbocycles. The molecule has 0 spiro atoms. The van der Waals surface area contributed by atoms with E-state index >= 15 is 0 Å². The minimum absolute atomic E-state index is 0.169. The van der Waals surface area contributed by atoms with Crippen LogP contribution in [0.1, 0.15) is 19.8 Å². The summed E-state index contributed by atoms with van der Waals surface area (Å²) in [5, 5.41) is 3.25. The molecule has 0 heterocycles. The molecule has 0 saturated heterocycles. The monoisotopic (exact) mass is 169 g/mol. The van der Waals surface area contributed by atoms with Gasteiger partial charge in [0.25, 0.3) is 5.91 Å². The predicted octanol–water partition coefficient (Wildman–Crippen LogP) is 0.587. The molecule has 0 aromatic rings. The summed E-state index contributed by atoms with van der Waals surface area (Å²) in [7, 11) is 0. The fourth-order valence-electron chi connectivity index (χ4n) is 1.04. The zero-order chi connectivity index (χ0) is 8.27. The van der Waals surface area contributed by atoms with Crippen LogP contribution in [0.15, 0.2) is 0 Å². The Bertz CT molecular complexity index is 210. The van der Waals surface area contributed by atoms with E-state index in [1.54, 1.807) is 6.92 Å². The molecule has 0 aliphatic heterocycles. The van der Waals surface area contributed by atoms with Crippen LogP contribution in [0.25, 0.3) is 0 Å². The second kappa shape index (κ2) is 3.68. The molecule has 1 aliphatic carbocycles. The minimum atomic E-state index is -0.169. The first kappa shape index (κ1) is 8.48. The minimum Gasteiger partial charge on any atom is -0.342 e. The molecule has 1 aliphatic rings. The highest BCUT2D eigenvalue weighted by atomic mass is 32.1. The van der Waals surface area contributed by atoms with Crippen LogP contribution in [-0.2, 0) is 4.79 Å². The summed E-state index contributed by atoms with van der Waals surface area (Å²) in [4.78, 5) is 10.8. The van der Waals surface area contributed by atoms with Crippen LogP contribution in [0.4, 0.5) is 0 Å². The average Bonchev–Trinajstić information content (AvgIpc) is 1.85. The van der Waals surface area contributed by atoms with E-state index in [0.29, 0.717) is 11.3 Å². The molecular formula is C8H11NOS. The van der Waals surface area contributed by atoms with Crippen molar-refractivity contribution in [3.8, 4) is 11.8 Å². The third-order valence-corrected chi connectivity index (χ3v) is 2.11. The van der Waals surface area contributed by atoms with Crippen molar-refractivity contribution in [3.05, 3.63) is 0 Å². The number of hydrogen-bond acceptors (Lipinski definition) is 2. The highest BCUT2D eigenvalue weighted by Crippen LogP contribution is 2.24. The van der Waals surface area contributed by atoms with Gasteiger partial charge in [-0.15, -0.1) is 0 Å². The first-order chi connectivity index (χ1) is 5.22. The molecule has 1 fully saturated rings. The zero-order valence-electron chi connectivity index (χ0n) is 6.42. The van der Waals surface area contributed by atoms with Crippen LogP contribution in [0.2, 0.25) is 0 Å². The summed E-state index contributed by atoms with van der Waals surface area (Å²) >= 11 is 4.23. The van der Waals surface area contributed by atoms with E-state index < -0.39 is 0 Å². The van der Waals surface area contributed by atoms with Crippen molar-refractivity contribution in [2.24, 2.45) is 0 Å². The van der Waals surface area contributed by atoms with Crippen molar-refractivity contribution in [2.45, 2.75) is 31.1 Å². The lowest BCUT2D eigenvalue weighted by Gasteiger charge is -2.31. The molecular weight excluding hydrogens is 158 g/mol. The lowest BCUT2D eigenvalue weighted by molar-refractivity contribution is -0.116. The fraction of sp³-hybridized carbons (Fsp3) is 0.625. The first-order valence-electron chi connectivity index (χ1n) is 3.63. The largest absolute Gasteiger partial charge is 0.342 e. The lowest BCUT2D eigenvalue weighted by Crippen LogP contribution is -2.44. The molecule has 1 saturated carbocycles. The van der Waals surface area contributed by atoms with Gasteiger partial charge in [-0.2, -0.15) is 12.6 Å². The van der Waals surface area contributed by atoms with Crippen LogP contribution >= 0.6 is 12.6 Å². The Morgan fingerprint density at radius 3 is 2.73 bits per heavy atom.